The highest BCUT2D eigenvalue weighted by Gasteiger charge is 2.22. The highest BCUT2D eigenvalue weighted by molar-refractivity contribution is 7.91. The van der Waals surface area contributed by atoms with Gasteiger partial charge in [-0.3, -0.25) is 15.0 Å². The first-order chi connectivity index (χ1) is 15.0. The molecule has 0 atom stereocenters. The monoisotopic (exact) mass is 473 g/mol. The van der Waals surface area contributed by atoms with E-state index in [-0.39, 0.29) is 11.5 Å². The normalized spacial score (nSPS) is 16.7. The van der Waals surface area contributed by atoms with Crippen LogP contribution >= 0.6 is 22.9 Å². The Morgan fingerprint density at radius 1 is 1.16 bits per heavy atom. The van der Waals surface area contributed by atoms with Crippen molar-refractivity contribution in [3.63, 3.8) is 0 Å². The van der Waals surface area contributed by atoms with Crippen molar-refractivity contribution < 1.29 is 8.42 Å². The Balaban J connectivity index is 1.34. The fourth-order valence-corrected chi connectivity index (χ4v) is 6.21. The highest BCUT2D eigenvalue weighted by Crippen LogP contribution is 2.30. The summed E-state index contributed by atoms with van der Waals surface area (Å²) in [6, 6.07) is 9.65. The zero-order valence-electron chi connectivity index (χ0n) is 16.6. The average Bonchev–Trinajstić information content (AvgIpc) is 3.37. The molecule has 1 aliphatic heterocycles. The standard InChI is InChI=1S/C21H20ClN5O2S2/c22-17-2-1-5-23-21(17)14-3-4-18-16(10-14)19(26-25-18)11-20-24-12-15(30-20)13-27-6-8-31(28,29)9-7-27/h1-5,10,12H,6-9,11,13H2,(H,25,26). The van der Waals surface area contributed by atoms with Gasteiger partial charge < -0.3 is 0 Å². The highest BCUT2D eigenvalue weighted by atomic mass is 35.5. The maximum absolute atomic E-state index is 11.6. The number of halogens is 1. The van der Waals surface area contributed by atoms with Crippen LogP contribution in [0.15, 0.2) is 42.7 Å². The number of rotatable bonds is 5. The fourth-order valence-electron chi connectivity index (χ4n) is 3.73. The molecule has 0 amide bonds. The van der Waals surface area contributed by atoms with Crippen LogP contribution in [0.4, 0.5) is 0 Å². The zero-order chi connectivity index (χ0) is 21.4. The summed E-state index contributed by atoms with van der Waals surface area (Å²) in [6.07, 6.45) is 4.27. The van der Waals surface area contributed by atoms with Gasteiger partial charge in [-0.25, -0.2) is 13.4 Å². The van der Waals surface area contributed by atoms with Crippen LogP contribution in [0.5, 0.6) is 0 Å². The van der Waals surface area contributed by atoms with Crippen LogP contribution < -0.4 is 0 Å². The maximum atomic E-state index is 11.6. The van der Waals surface area contributed by atoms with E-state index < -0.39 is 9.84 Å². The summed E-state index contributed by atoms with van der Waals surface area (Å²) in [4.78, 5) is 12.3. The van der Waals surface area contributed by atoms with Crippen molar-refractivity contribution in [1.29, 1.82) is 0 Å². The number of benzene rings is 1. The maximum Gasteiger partial charge on any atom is 0.152 e. The first-order valence-corrected chi connectivity index (χ1v) is 12.9. The molecule has 4 heterocycles. The zero-order valence-corrected chi connectivity index (χ0v) is 19.0. The Kier molecular flexibility index (Phi) is 5.51. The van der Waals surface area contributed by atoms with Crippen molar-refractivity contribution in [3.05, 3.63) is 63.3 Å². The van der Waals surface area contributed by atoms with E-state index in [0.29, 0.717) is 24.5 Å². The molecule has 1 N–H and O–H groups in total. The number of sulfone groups is 1. The summed E-state index contributed by atoms with van der Waals surface area (Å²) in [5.41, 5.74) is 3.57. The predicted octanol–water partition coefficient (Wildman–Crippen LogP) is 3.56. The number of thiazole rings is 1. The van der Waals surface area contributed by atoms with Gasteiger partial charge in [0.25, 0.3) is 0 Å². The summed E-state index contributed by atoms with van der Waals surface area (Å²) in [5.74, 6) is 0.475. The van der Waals surface area contributed by atoms with Crippen LogP contribution in [0, 0.1) is 0 Å². The first-order valence-electron chi connectivity index (χ1n) is 9.91. The lowest BCUT2D eigenvalue weighted by atomic mass is 10.1. The fraction of sp³-hybridized carbons (Fsp3) is 0.286. The number of hydrogen-bond acceptors (Lipinski definition) is 7. The van der Waals surface area contributed by atoms with Crippen LogP contribution in [0.1, 0.15) is 15.6 Å². The van der Waals surface area contributed by atoms with Crippen molar-refractivity contribution >= 4 is 43.7 Å². The molecule has 1 aliphatic rings. The predicted molar refractivity (Wildman–Crippen MR) is 123 cm³/mol. The van der Waals surface area contributed by atoms with E-state index in [0.717, 1.165) is 44.3 Å². The van der Waals surface area contributed by atoms with E-state index in [2.05, 4.69) is 31.1 Å². The largest absolute Gasteiger partial charge is 0.296 e. The number of hydrogen-bond donors (Lipinski definition) is 1. The molecule has 0 saturated carbocycles. The quantitative estimate of drug-likeness (QED) is 0.476. The number of H-pyrrole nitrogens is 1. The van der Waals surface area contributed by atoms with Crippen LogP contribution in [0.3, 0.4) is 0 Å². The second-order valence-electron chi connectivity index (χ2n) is 7.59. The average molecular weight is 474 g/mol. The van der Waals surface area contributed by atoms with E-state index in [4.69, 9.17) is 11.6 Å². The Morgan fingerprint density at radius 2 is 2.00 bits per heavy atom. The van der Waals surface area contributed by atoms with Gasteiger partial charge in [0.2, 0.25) is 0 Å². The molecule has 1 aromatic carbocycles. The molecule has 0 bridgehead atoms. The minimum absolute atomic E-state index is 0.238. The van der Waals surface area contributed by atoms with E-state index in [1.54, 1.807) is 17.5 Å². The van der Waals surface area contributed by atoms with Crippen LogP contribution in [-0.4, -0.2) is 58.1 Å². The molecule has 7 nitrogen and oxygen atoms in total. The number of aromatic amines is 1. The third-order valence-electron chi connectivity index (χ3n) is 5.41. The van der Waals surface area contributed by atoms with Crippen molar-refractivity contribution in [2.24, 2.45) is 0 Å². The Labute approximate surface area is 189 Å². The van der Waals surface area contributed by atoms with E-state index >= 15 is 0 Å². The van der Waals surface area contributed by atoms with Gasteiger partial charge in [0.1, 0.15) is 0 Å². The minimum Gasteiger partial charge on any atom is -0.296 e. The van der Waals surface area contributed by atoms with Gasteiger partial charge >= 0.3 is 0 Å². The summed E-state index contributed by atoms with van der Waals surface area (Å²) < 4.78 is 23.2. The molecule has 0 unspecified atom stereocenters. The second kappa shape index (κ2) is 8.31. The van der Waals surface area contributed by atoms with E-state index in [1.165, 1.54) is 0 Å². The molecule has 0 aliphatic carbocycles. The number of nitrogens with zero attached hydrogens (tertiary/aromatic N) is 4. The van der Waals surface area contributed by atoms with Crippen molar-refractivity contribution in [2.45, 2.75) is 13.0 Å². The van der Waals surface area contributed by atoms with Crippen molar-refractivity contribution in [2.75, 3.05) is 24.6 Å². The molecule has 1 fully saturated rings. The lowest BCUT2D eigenvalue weighted by Gasteiger charge is -2.25. The van der Waals surface area contributed by atoms with Gasteiger partial charge in [0.05, 0.1) is 32.7 Å². The summed E-state index contributed by atoms with van der Waals surface area (Å²) in [5, 5.41) is 10.2. The second-order valence-corrected chi connectivity index (χ2v) is 11.5. The molecule has 5 rings (SSSR count). The molecular weight excluding hydrogens is 454 g/mol. The Morgan fingerprint density at radius 3 is 2.81 bits per heavy atom. The van der Waals surface area contributed by atoms with Crippen molar-refractivity contribution in [1.82, 2.24) is 25.1 Å². The van der Waals surface area contributed by atoms with Gasteiger partial charge in [0, 0.05) is 60.0 Å². The third-order valence-corrected chi connectivity index (χ3v) is 8.31. The lowest BCUT2D eigenvalue weighted by Crippen LogP contribution is -2.39. The topological polar surface area (TPSA) is 91.8 Å². The SMILES string of the molecule is O=S1(=O)CCN(Cc2cnc(Cc3[nH]nc4ccc(-c5ncccc5Cl)cc34)s2)CC1. The molecule has 0 radical (unpaired) electrons. The molecule has 3 aromatic heterocycles. The van der Waals surface area contributed by atoms with Gasteiger partial charge in [-0.05, 0) is 24.3 Å². The first kappa shape index (κ1) is 20.6. The van der Waals surface area contributed by atoms with Crippen LogP contribution in [-0.2, 0) is 22.8 Å². The molecule has 31 heavy (non-hydrogen) atoms. The number of aromatic nitrogens is 4. The molecule has 1 saturated heterocycles. The smallest absolute Gasteiger partial charge is 0.152 e. The number of pyridine rings is 1. The van der Waals surface area contributed by atoms with Gasteiger partial charge in [-0.15, -0.1) is 11.3 Å². The summed E-state index contributed by atoms with van der Waals surface area (Å²) >= 11 is 7.97. The number of fused-ring (bicyclic) bond motifs is 1. The van der Waals surface area contributed by atoms with Crippen molar-refractivity contribution in [3.8, 4) is 11.3 Å². The van der Waals surface area contributed by atoms with Crippen LogP contribution in [0.2, 0.25) is 5.02 Å². The summed E-state index contributed by atoms with van der Waals surface area (Å²) in [7, 11) is -2.86. The lowest BCUT2D eigenvalue weighted by molar-refractivity contribution is 0.290. The molecule has 4 aromatic rings. The van der Waals surface area contributed by atoms with E-state index in [9.17, 15) is 8.42 Å². The van der Waals surface area contributed by atoms with Gasteiger partial charge in [-0.2, -0.15) is 5.10 Å². The molecular formula is C21H20ClN5O2S2. The molecule has 160 valence electrons. The molecule has 10 heteroatoms. The molecule has 0 spiro atoms. The Hall–Kier alpha value is -2.33. The van der Waals surface area contributed by atoms with Gasteiger partial charge in [0.15, 0.2) is 9.84 Å². The minimum atomic E-state index is -2.86. The van der Waals surface area contributed by atoms with Gasteiger partial charge in [-0.1, -0.05) is 17.7 Å². The third kappa shape index (κ3) is 4.50. The number of nitrogens with one attached hydrogen (secondary N) is 1. The van der Waals surface area contributed by atoms with Crippen LogP contribution in [0.25, 0.3) is 22.2 Å². The summed E-state index contributed by atoms with van der Waals surface area (Å²) in [6.45, 7) is 1.90. The Bertz CT molecular complexity index is 1330. The van der Waals surface area contributed by atoms with E-state index in [1.807, 2.05) is 30.5 Å².